The molecule has 0 saturated carbocycles. The standard InChI is InChI=1S/C23H31N7O6/c1-4-5-9-23(13-31,28-15(18(32)20(33)24-2)12-30-11-10-25-22(30)35)29-21(34)19-26-14-7-6-8-16(36-3)17(14)27-19/h6-8,13,15,28H,4-5,9-12H2,1-3H3,(H,24,33)(H,25,35)(H,26,27)(H,29,34)/t15-,23-/m0/s1. The molecule has 1 saturated heterocycles. The molecule has 0 aliphatic carbocycles. The third-order valence-electron chi connectivity index (χ3n) is 5.92. The normalized spacial score (nSPS) is 15.6. The molecule has 1 fully saturated rings. The van der Waals surface area contributed by atoms with Gasteiger partial charge in [0, 0.05) is 26.7 Å². The van der Waals surface area contributed by atoms with E-state index in [4.69, 9.17) is 4.74 Å². The van der Waals surface area contributed by atoms with Crippen LogP contribution in [0, 0.1) is 0 Å². The number of nitrogens with zero attached hydrogens (tertiary/aromatic N) is 2. The number of likely N-dealkylation sites (N-methyl/N-ethyl adjacent to an activating group) is 1. The van der Waals surface area contributed by atoms with Crippen LogP contribution in [0.5, 0.6) is 5.75 Å². The Morgan fingerprint density at radius 2 is 2.11 bits per heavy atom. The van der Waals surface area contributed by atoms with Gasteiger partial charge in [-0.05, 0) is 25.0 Å². The number of ether oxygens (including phenoxy) is 1. The zero-order valence-electron chi connectivity index (χ0n) is 20.5. The Morgan fingerprint density at radius 3 is 2.72 bits per heavy atom. The van der Waals surface area contributed by atoms with Gasteiger partial charge in [-0.3, -0.25) is 24.5 Å². The van der Waals surface area contributed by atoms with Crippen molar-refractivity contribution < 1.29 is 28.7 Å². The van der Waals surface area contributed by atoms with E-state index in [1.54, 1.807) is 18.2 Å². The van der Waals surface area contributed by atoms with Crippen molar-refractivity contribution in [2.75, 3.05) is 33.8 Å². The predicted octanol–water partition coefficient (Wildman–Crippen LogP) is -0.315. The number of aldehydes is 1. The topological polar surface area (TPSA) is 175 Å². The Kier molecular flexibility index (Phi) is 8.59. The lowest BCUT2D eigenvalue weighted by Crippen LogP contribution is -2.67. The number of rotatable bonds is 13. The molecular formula is C23H31N7O6. The second-order valence-electron chi connectivity index (χ2n) is 8.41. The van der Waals surface area contributed by atoms with Crippen molar-refractivity contribution in [1.29, 1.82) is 0 Å². The number of ketones is 1. The maximum Gasteiger partial charge on any atom is 0.317 e. The lowest BCUT2D eigenvalue weighted by Gasteiger charge is -2.35. The van der Waals surface area contributed by atoms with Gasteiger partial charge >= 0.3 is 6.03 Å². The molecule has 4 amide bonds. The molecule has 0 spiro atoms. The maximum atomic E-state index is 13.2. The van der Waals surface area contributed by atoms with Crippen LogP contribution in [-0.2, 0) is 14.4 Å². The molecule has 13 heteroatoms. The Morgan fingerprint density at radius 1 is 1.33 bits per heavy atom. The van der Waals surface area contributed by atoms with E-state index in [-0.39, 0.29) is 18.8 Å². The number of para-hydroxylation sites is 1. The van der Waals surface area contributed by atoms with E-state index in [2.05, 4.69) is 31.2 Å². The van der Waals surface area contributed by atoms with Gasteiger partial charge in [-0.1, -0.05) is 19.4 Å². The summed E-state index contributed by atoms with van der Waals surface area (Å²) in [6, 6.07) is 3.52. The van der Waals surface area contributed by atoms with Crippen LogP contribution in [-0.4, -0.2) is 90.3 Å². The van der Waals surface area contributed by atoms with Gasteiger partial charge in [0.05, 0.1) is 18.7 Å². The van der Waals surface area contributed by atoms with Gasteiger partial charge in [0.15, 0.2) is 12.1 Å². The van der Waals surface area contributed by atoms with Crippen LogP contribution >= 0.6 is 0 Å². The van der Waals surface area contributed by atoms with Crippen molar-refractivity contribution in [1.82, 2.24) is 36.1 Å². The second kappa shape index (κ2) is 11.6. The Hall–Kier alpha value is -4.00. The first-order chi connectivity index (χ1) is 17.3. The number of carbonyl (C=O) groups is 5. The van der Waals surface area contributed by atoms with Crippen molar-refractivity contribution in [2.45, 2.75) is 37.9 Å². The van der Waals surface area contributed by atoms with Crippen molar-refractivity contribution in [3.8, 4) is 5.75 Å². The van der Waals surface area contributed by atoms with Gasteiger partial charge < -0.3 is 30.6 Å². The number of Topliss-reactive ketones (excluding diaryl/α,β-unsaturated/α-hetero) is 1. The minimum Gasteiger partial charge on any atom is -0.494 e. The average Bonchev–Trinajstić information content (AvgIpc) is 3.51. The van der Waals surface area contributed by atoms with Crippen LogP contribution < -0.4 is 26.0 Å². The minimum absolute atomic E-state index is 0.0629. The molecule has 36 heavy (non-hydrogen) atoms. The number of nitrogens with one attached hydrogen (secondary N) is 5. The van der Waals surface area contributed by atoms with E-state index in [1.165, 1.54) is 19.1 Å². The molecule has 2 heterocycles. The van der Waals surface area contributed by atoms with Crippen molar-refractivity contribution in [3.63, 3.8) is 0 Å². The number of hydrogen-bond acceptors (Lipinski definition) is 8. The van der Waals surface area contributed by atoms with Gasteiger partial charge in [-0.15, -0.1) is 0 Å². The van der Waals surface area contributed by atoms with E-state index in [0.29, 0.717) is 49.0 Å². The molecule has 1 aromatic carbocycles. The highest BCUT2D eigenvalue weighted by molar-refractivity contribution is 6.38. The second-order valence-corrected chi connectivity index (χ2v) is 8.41. The van der Waals surface area contributed by atoms with Gasteiger partial charge in [0.25, 0.3) is 11.8 Å². The van der Waals surface area contributed by atoms with Crippen LogP contribution in [0.25, 0.3) is 11.0 Å². The molecule has 0 radical (unpaired) electrons. The molecule has 194 valence electrons. The van der Waals surface area contributed by atoms with Crippen LogP contribution in [0.2, 0.25) is 0 Å². The van der Waals surface area contributed by atoms with Crippen LogP contribution in [0.15, 0.2) is 18.2 Å². The Labute approximate surface area is 207 Å². The molecule has 2 atom stereocenters. The number of urea groups is 1. The highest BCUT2D eigenvalue weighted by Gasteiger charge is 2.39. The number of methoxy groups -OCH3 is 1. The summed E-state index contributed by atoms with van der Waals surface area (Å²) in [6.07, 6.45) is 1.84. The third-order valence-corrected chi connectivity index (χ3v) is 5.92. The number of imidazole rings is 1. The first-order valence-electron chi connectivity index (χ1n) is 11.7. The molecule has 2 aromatic rings. The quantitative estimate of drug-likeness (QED) is 0.141. The van der Waals surface area contributed by atoms with Crippen molar-refractivity contribution in [3.05, 3.63) is 24.0 Å². The van der Waals surface area contributed by atoms with Crippen LogP contribution in [0.3, 0.4) is 0 Å². The largest absolute Gasteiger partial charge is 0.494 e. The number of fused-ring (bicyclic) bond motifs is 1. The molecule has 0 unspecified atom stereocenters. The Balaban J connectivity index is 1.91. The number of aromatic nitrogens is 2. The predicted molar refractivity (Wildman–Crippen MR) is 129 cm³/mol. The zero-order valence-corrected chi connectivity index (χ0v) is 20.5. The molecule has 13 nitrogen and oxygen atoms in total. The number of H-pyrrole nitrogens is 1. The smallest absolute Gasteiger partial charge is 0.317 e. The zero-order chi connectivity index (χ0) is 26.3. The summed E-state index contributed by atoms with van der Waals surface area (Å²) in [5, 5.41) is 10.4. The summed E-state index contributed by atoms with van der Waals surface area (Å²) in [7, 11) is 2.79. The molecule has 1 aliphatic rings. The highest BCUT2D eigenvalue weighted by atomic mass is 16.5. The fourth-order valence-corrected chi connectivity index (χ4v) is 3.98. The fourth-order valence-electron chi connectivity index (χ4n) is 3.98. The molecule has 1 aliphatic heterocycles. The molecular weight excluding hydrogens is 470 g/mol. The van der Waals surface area contributed by atoms with Crippen LogP contribution in [0.1, 0.15) is 36.8 Å². The summed E-state index contributed by atoms with van der Waals surface area (Å²) >= 11 is 0. The number of hydrogen-bond donors (Lipinski definition) is 5. The number of unbranched alkanes of at least 4 members (excludes halogenated alkanes) is 1. The van der Waals surface area contributed by atoms with E-state index >= 15 is 0 Å². The van der Waals surface area contributed by atoms with Crippen LogP contribution in [0.4, 0.5) is 4.79 Å². The summed E-state index contributed by atoms with van der Waals surface area (Å²) < 4.78 is 5.28. The Bertz CT molecular complexity index is 1150. The first kappa shape index (κ1) is 26.6. The lowest BCUT2D eigenvalue weighted by molar-refractivity contribution is -0.139. The van der Waals surface area contributed by atoms with Crippen molar-refractivity contribution >= 4 is 40.9 Å². The van der Waals surface area contributed by atoms with Gasteiger partial charge in [0.2, 0.25) is 5.78 Å². The molecule has 1 aromatic heterocycles. The SMILES string of the molecule is CCCC[C@@](C=O)(NC(=O)c1nc2c(OC)cccc2[nH]1)N[C@@H](CN1CCNC1=O)C(=O)C(=O)NC. The van der Waals surface area contributed by atoms with E-state index in [1.807, 2.05) is 6.92 Å². The number of amides is 4. The third kappa shape index (κ3) is 5.79. The highest BCUT2D eigenvalue weighted by Crippen LogP contribution is 2.23. The van der Waals surface area contributed by atoms with Crippen molar-refractivity contribution in [2.24, 2.45) is 0 Å². The first-order valence-corrected chi connectivity index (χ1v) is 11.7. The molecule has 3 rings (SSSR count). The van der Waals surface area contributed by atoms with E-state index < -0.39 is 35.3 Å². The fraction of sp³-hybridized carbons (Fsp3) is 0.478. The monoisotopic (exact) mass is 501 g/mol. The van der Waals surface area contributed by atoms with Gasteiger partial charge in [0.1, 0.15) is 16.9 Å². The summed E-state index contributed by atoms with van der Waals surface area (Å²) in [6.45, 7) is 2.46. The number of aromatic amines is 1. The maximum absolute atomic E-state index is 13.2. The summed E-state index contributed by atoms with van der Waals surface area (Å²) in [4.78, 5) is 71.4. The molecule has 0 bridgehead atoms. The average molecular weight is 502 g/mol. The molecule has 5 N–H and O–H groups in total. The summed E-state index contributed by atoms with van der Waals surface area (Å²) in [5.41, 5.74) is -0.706. The van der Waals surface area contributed by atoms with E-state index in [0.717, 1.165) is 0 Å². The van der Waals surface area contributed by atoms with Gasteiger partial charge in [-0.25, -0.2) is 9.78 Å². The lowest BCUT2D eigenvalue weighted by atomic mass is 10.00. The number of benzene rings is 1. The number of carbonyl (C=O) groups excluding carboxylic acids is 5. The van der Waals surface area contributed by atoms with E-state index in [9.17, 15) is 24.0 Å². The summed E-state index contributed by atoms with van der Waals surface area (Å²) in [5.74, 6) is -2.06. The van der Waals surface area contributed by atoms with Gasteiger partial charge in [-0.2, -0.15) is 0 Å². The minimum atomic E-state index is -1.71.